The number of imidazole rings is 1. The lowest BCUT2D eigenvalue weighted by atomic mass is 9.97. The van der Waals surface area contributed by atoms with Gasteiger partial charge < -0.3 is 15.0 Å². The minimum atomic E-state index is -5.09. The Hall–Kier alpha value is -2.42. The Kier molecular flexibility index (Phi) is 5.46. The van der Waals surface area contributed by atoms with Gasteiger partial charge in [-0.2, -0.15) is 13.2 Å². The van der Waals surface area contributed by atoms with Gasteiger partial charge in [-0.25, -0.2) is 9.37 Å². The van der Waals surface area contributed by atoms with E-state index in [0.717, 1.165) is 10.8 Å². The molecule has 0 unspecified atom stereocenters. The summed E-state index contributed by atoms with van der Waals surface area (Å²) in [6, 6.07) is 5.89. The highest BCUT2D eigenvalue weighted by Gasteiger charge is 2.58. The van der Waals surface area contributed by atoms with E-state index in [1.54, 1.807) is 6.07 Å². The van der Waals surface area contributed by atoms with Gasteiger partial charge in [0, 0.05) is 26.0 Å². The Morgan fingerprint density at radius 3 is 2.56 bits per heavy atom. The minimum Gasteiger partial charge on any atom is -0.374 e. The van der Waals surface area contributed by atoms with E-state index < -0.39 is 35.7 Å². The van der Waals surface area contributed by atoms with Crippen LogP contribution in [0.15, 0.2) is 36.7 Å². The van der Waals surface area contributed by atoms with Crippen molar-refractivity contribution >= 4 is 5.91 Å². The van der Waals surface area contributed by atoms with Gasteiger partial charge in [0.2, 0.25) is 11.5 Å². The number of alkyl halides is 3. The highest BCUT2D eigenvalue weighted by molar-refractivity contribution is 5.77. The largest absolute Gasteiger partial charge is 0.425 e. The molecule has 1 aromatic heterocycles. The first-order valence-corrected chi connectivity index (χ1v) is 7.42. The molecule has 2 aromatic rings. The average molecular weight is 359 g/mol. The molecule has 0 saturated heterocycles. The molecule has 0 aliphatic carbocycles. The van der Waals surface area contributed by atoms with Gasteiger partial charge in [-0.15, -0.1) is 0 Å². The molecule has 0 spiro atoms. The highest BCUT2D eigenvalue weighted by atomic mass is 19.4. The van der Waals surface area contributed by atoms with Gasteiger partial charge in [-0.3, -0.25) is 4.79 Å². The Bertz CT molecular complexity index is 745. The first-order valence-electron chi connectivity index (χ1n) is 7.42. The molecule has 136 valence electrons. The third kappa shape index (κ3) is 4.16. The molecular formula is C16H17F4N3O2. The number of carbonyl (C=O) groups is 1. The van der Waals surface area contributed by atoms with E-state index in [4.69, 9.17) is 0 Å². The number of amides is 1. The molecule has 2 N–H and O–H groups in total. The van der Waals surface area contributed by atoms with Gasteiger partial charge in [0.1, 0.15) is 5.82 Å². The summed E-state index contributed by atoms with van der Waals surface area (Å²) in [7, 11) is 1.29. The van der Waals surface area contributed by atoms with Crippen LogP contribution in [-0.4, -0.2) is 33.3 Å². The predicted molar refractivity (Wildman–Crippen MR) is 80.9 cm³/mol. The summed E-state index contributed by atoms with van der Waals surface area (Å²) in [6.07, 6.45) is -3.87. The molecule has 0 bridgehead atoms. The number of rotatable bonds is 6. The van der Waals surface area contributed by atoms with E-state index in [0.29, 0.717) is 5.56 Å². The number of nitrogens with one attached hydrogen (secondary N) is 1. The molecule has 0 fully saturated rings. The Morgan fingerprint density at radius 1 is 1.32 bits per heavy atom. The van der Waals surface area contributed by atoms with Crippen molar-refractivity contribution in [2.45, 2.75) is 24.6 Å². The monoisotopic (exact) mass is 359 g/mol. The average Bonchev–Trinajstić information content (AvgIpc) is 2.94. The van der Waals surface area contributed by atoms with Crippen LogP contribution < -0.4 is 5.32 Å². The smallest absolute Gasteiger partial charge is 0.374 e. The second-order valence-electron chi connectivity index (χ2n) is 5.59. The number of aliphatic hydroxyl groups is 1. The summed E-state index contributed by atoms with van der Waals surface area (Å²) in [5.74, 6) is -2.15. The number of aromatic nitrogens is 2. The van der Waals surface area contributed by atoms with E-state index in [-0.39, 0.29) is 13.0 Å². The van der Waals surface area contributed by atoms with Crippen LogP contribution in [0, 0.1) is 5.82 Å². The van der Waals surface area contributed by atoms with Crippen molar-refractivity contribution in [2.24, 2.45) is 7.05 Å². The number of halogens is 4. The zero-order chi connectivity index (χ0) is 18.7. The van der Waals surface area contributed by atoms with Crippen LogP contribution in [0.1, 0.15) is 17.8 Å². The Morgan fingerprint density at radius 2 is 2.00 bits per heavy atom. The summed E-state index contributed by atoms with van der Waals surface area (Å²) in [4.78, 5) is 15.4. The van der Waals surface area contributed by atoms with Crippen LogP contribution in [-0.2, 0) is 23.9 Å². The molecule has 1 heterocycles. The van der Waals surface area contributed by atoms with Crippen molar-refractivity contribution in [1.82, 2.24) is 14.9 Å². The van der Waals surface area contributed by atoms with Crippen molar-refractivity contribution in [3.05, 3.63) is 53.9 Å². The molecule has 1 atom stereocenters. The SMILES string of the molecule is Cn1ccnc1[C@](O)(CC(=O)NCCc1ccccc1F)C(F)(F)F. The first-order chi connectivity index (χ1) is 11.6. The number of aryl methyl sites for hydroxylation is 1. The molecule has 0 saturated carbocycles. The molecule has 2 rings (SSSR count). The Balaban J connectivity index is 2.03. The third-order valence-corrected chi connectivity index (χ3v) is 3.75. The van der Waals surface area contributed by atoms with Crippen LogP contribution in [0.25, 0.3) is 0 Å². The zero-order valence-corrected chi connectivity index (χ0v) is 13.3. The summed E-state index contributed by atoms with van der Waals surface area (Å²) in [5.41, 5.74) is -3.08. The number of hydrogen-bond donors (Lipinski definition) is 2. The van der Waals surface area contributed by atoms with Gasteiger partial charge in [-0.05, 0) is 18.1 Å². The summed E-state index contributed by atoms with van der Waals surface area (Å²) >= 11 is 0. The number of benzene rings is 1. The van der Waals surface area contributed by atoms with Crippen molar-refractivity contribution < 1.29 is 27.5 Å². The lowest BCUT2D eigenvalue weighted by molar-refractivity contribution is -0.271. The van der Waals surface area contributed by atoms with Crippen molar-refractivity contribution in [3.63, 3.8) is 0 Å². The van der Waals surface area contributed by atoms with Gasteiger partial charge in [-0.1, -0.05) is 18.2 Å². The van der Waals surface area contributed by atoms with E-state index in [1.165, 1.54) is 31.4 Å². The van der Waals surface area contributed by atoms with E-state index in [9.17, 15) is 27.5 Å². The lowest BCUT2D eigenvalue weighted by Crippen LogP contribution is -2.48. The molecule has 0 aliphatic heterocycles. The maximum absolute atomic E-state index is 13.5. The molecule has 0 aliphatic rings. The zero-order valence-electron chi connectivity index (χ0n) is 13.3. The maximum Gasteiger partial charge on any atom is 0.425 e. The topological polar surface area (TPSA) is 67.1 Å². The minimum absolute atomic E-state index is 0.0612. The van der Waals surface area contributed by atoms with Crippen LogP contribution in [0.5, 0.6) is 0 Å². The normalized spacial score (nSPS) is 14.2. The fraction of sp³-hybridized carbons (Fsp3) is 0.375. The standard InChI is InChI=1S/C16H17F4N3O2/c1-23-9-8-22-14(23)15(25,16(18,19)20)10-13(24)21-7-6-11-4-2-3-5-12(11)17/h2-5,8-9,25H,6-7,10H2,1H3,(H,21,24)/t15-/m1/s1. The quantitative estimate of drug-likeness (QED) is 0.776. The lowest BCUT2D eigenvalue weighted by Gasteiger charge is -2.29. The van der Waals surface area contributed by atoms with Gasteiger partial charge in [0.05, 0.1) is 6.42 Å². The van der Waals surface area contributed by atoms with Crippen molar-refractivity contribution in [2.75, 3.05) is 6.54 Å². The van der Waals surface area contributed by atoms with Gasteiger partial charge >= 0.3 is 6.18 Å². The van der Waals surface area contributed by atoms with Gasteiger partial charge in [0.25, 0.3) is 0 Å². The third-order valence-electron chi connectivity index (χ3n) is 3.75. The number of hydrogen-bond acceptors (Lipinski definition) is 3. The molecule has 5 nitrogen and oxygen atoms in total. The van der Waals surface area contributed by atoms with Crippen LogP contribution >= 0.6 is 0 Å². The molecule has 0 radical (unpaired) electrons. The highest BCUT2D eigenvalue weighted by Crippen LogP contribution is 2.40. The van der Waals surface area contributed by atoms with E-state index in [1.807, 2.05) is 0 Å². The maximum atomic E-state index is 13.5. The van der Waals surface area contributed by atoms with Crippen LogP contribution in [0.4, 0.5) is 17.6 Å². The molecule has 1 amide bonds. The summed E-state index contributed by atoms with van der Waals surface area (Å²) in [6.45, 7) is -0.0612. The molecule has 25 heavy (non-hydrogen) atoms. The van der Waals surface area contributed by atoms with Crippen LogP contribution in [0.3, 0.4) is 0 Å². The van der Waals surface area contributed by atoms with Crippen molar-refractivity contribution in [3.8, 4) is 0 Å². The van der Waals surface area contributed by atoms with Gasteiger partial charge in [0.15, 0.2) is 5.82 Å². The van der Waals surface area contributed by atoms with E-state index in [2.05, 4.69) is 10.3 Å². The number of carbonyl (C=O) groups excluding carboxylic acids is 1. The fourth-order valence-corrected chi connectivity index (χ4v) is 2.40. The molecule has 1 aromatic carbocycles. The van der Waals surface area contributed by atoms with Crippen molar-refractivity contribution in [1.29, 1.82) is 0 Å². The molecular weight excluding hydrogens is 342 g/mol. The fourth-order valence-electron chi connectivity index (χ4n) is 2.40. The predicted octanol–water partition coefficient (Wildman–Crippen LogP) is 2.06. The first kappa shape index (κ1) is 18.9. The summed E-state index contributed by atoms with van der Waals surface area (Å²) in [5, 5.41) is 12.4. The molecule has 9 heteroatoms. The second-order valence-corrected chi connectivity index (χ2v) is 5.59. The number of nitrogens with zero attached hydrogens (tertiary/aromatic N) is 2. The Labute approximate surface area is 141 Å². The van der Waals surface area contributed by atoms with E-state index >= 15 is 0 Å². The second kappa shape index (κ2) is 7.22. The van der Waals surface area contributed by atoms with Crippen LogP contribution in [0.2, 0.25) is 0 Å². The summed E-state index contributed by atoms with van der Waals surface area (Å²) < 4.78 is 54.4.